The third-order valence-corrected chi connectivity index (χ3v) is 4.54. The first-order valence-corrected chi connectivity index (χ1v) is 8.54. The number of anilines is 1. The van der Waals surface area contributed by atoms with Crippen molar-refractivity contribution in [2.45, 2.75) is 31.2 Å². The van der Waals surface area contributed by atoms with E-state index in [2.05, 4.69) is 15.0 Å². The summed E-state index contributed by atoms with van der Waals surface area (Å²) in [4.78, 5) is 17.5. The summed E-state index contributed by atoms with van der Waals surface area (Å²) < 4.78 is 27.2. The lowest BCUT2D eigenvalue weighted by molar-refractivity contribution is 0.229. The highest BCUT2D eigenvalue weighted by Crippen LogP contribution is 2.18. The summed E-state index contributed by atoms with van der Waals surface area (Å²) in [5.74, 6) is 0. The standard InChI is InChI=1S/C15H20N4O3S/c1-15(2,3)18-23(21,22)13-7-4-6-12(10-13)17-14(20)19-9-5-8-16-11-19/h4-10,18H,11H2,1-3H3,(H,17,20). The minimum atomic E-state index is -3.65. The number of rotatable bonds is 3. The van der Waals surface area contributed by atoms with Crippen LogP contribution in [0.25, 0.3) is 0 Å². The van der Waals surface area contributed by atoms with E-state index in [1.54, 1.807) is 51.4 Å². The van der Waals surface area contributed by atoms with Crippen LogP contribution < -0.4 is 10.0 Å². The zero-order chi connectivity index (χ0) is 17.1. The van der Waals surface area contributed by atoms with Crippen molar-refractivity contribution in [2.24, 2.45) is 4.99 Å². The van der Waals surface area contributed by atoms with Gasteiger partial charge in [-0.3, -0.25) is 9.89 Å². The zero-order valence-electron chi connectivity index (χ0n) is 13.3. The minimum Gasteiger partial charge on any atom is -0.307 e. The number of hydrogen-bond donors (Lipinski definition) is 2. The Hall–Kier alpha value is -2.19. The lowest BCUT2D eigenvalue weighted by atomic mass is 10.1. The lowest BCUT2D eigenvalue weighted by Gasteiger charge is -2.21. The molecule has 0 aromatic heterocycles. The van der Waals surface area contributed by atoms with Crippen molar-refractivity contribution in [3.8, 4) is 0 Å². The molecule has 7 nitrogen and oxygen atoms in total. The first kappa shape index (κ1) is 17.2. The number of nitrogens with one attached hydrogen (secondary N) is 2. The molecule has 124 valence electrons. The number of sulfonamides is 1. The number of hydrogen-bond acceptors (Lipinski definition) is 4. The molecule has 0 atom stereocenters. The van der Waals surface area contributed by atoms with Gasteiger partial charge in [0.15, 0.2) is 0 Å². The van der Waals surface area contributed by atoms with Gasteiger partial charge in [-0.2, -0.15) is 0 Å². The van der Waals surface area contributed by atoms with E-state index in [1.807, 2.05) is 0 Å². The molecule has 1 aromatic carbocycles. The second-order valence-corrected chi connectivity index (χ2v) is 7.78. The maximum atomic E-state index is 12.3. The van der Waals surface area contributed by atoms with Gasteiger partial charge in [-0.25, -0.2) is 17.9 Å². The van der Waals surface area contributed by atoms with E-state index >= 15 is 0 Å². The SMILES string of the molecule is CC(C)(C)NS(=O)(=O)c1cccc(NC(=O)N2C=CC=NC2)c1. The minimum absolute atomic E-state index is 0.0948. The van der Waals surface area contributed by atoms with Gasteiger partial charge in [-0.05, 0) is 45.0 Å². The Morgan fingerprint density at radius 2 is 2.04 bits per heavy atom. The quantitative estimate of drug-likeness (QED) is 0.886. The van der Waals surface area contributed by atoms with Crippen LogP contribution in [-0.4, -0.2) is 37.8 Å². The van der Waals surface area contributed by atoms with Crippen LogP contribution in [0.5, 0.6) is 0 Å². The van der Waals surface area contributed by atoms with Crippen molar-refractivity contribution in [1.29, 1.82) is 0 Å². The lowest BCUT2D eigenvalue weighted by Crippen LogP contribution is -2.40. The molecule has 2 amide bonds. The van der Waals surface area contributed by atoms with E-state index < -0.39 is 15.6 Å². The number of benzene rings is 1. The van der Waals surface area contributed by atoms with Crippen molar-refractivity contribution < 1.29 is 13.2 Å². The summed E-state index contributed by atoms with van der Waals surface area (Å²) in [6.07, 6.45) is 4.86. The fraction of sp³-hybridized carbons (Fsp3) is 0.333. The molecule has 23 heavy (non-hydrogen) atoms. The maximum absolute atomic E-state index is 12.3. The predicted molar refractivity (Wildman–Crippen MR) is 89.9 cm³/mol. The van der Waals surface area contributed by atoms with Crippen molar-refractivity contribution in [3.63, 3.8) is 0 Å². The average Bonchev–Trinajstić information content (AvgIpc) is 2.46. The number of allylic oxidation sites excluding steroid dienone is 1. The molecule has 0 radical (unpaired) electrons. The Morgan fingerprint density at radius 1 is 1.30 bits per heavy atom. The van der Waals surface area contributed by atoms with Crippen molar-refractivity contribution in [3.05, 3.63) is 36.5 Å². The van der Waals surface area contributed by atoms with E-state index in [1.165, 1.54) is 17.0 Å². The molecule has 2 N–H and O–H groups in total. The monoisotopic (exact) mass is 336 g/mol. The van der Waals surface area contributed by atoms with E-state index in [9.17, 15) is 13.2 Å². The van der Waals surface area contributed by atoms with Gasteiger partial charge in [0.2, 0.25) is 10.0 Å². The van der Waals surface area contributed by atoms with Crippen LogP contribution in [0, 0.1) is 0 Å². The molecule has 0 aliphatic carbocycles. The molecule has 0 fully saturated rings. The molecule has 1 aromatic rings. The number of nitrogens with zero attached hydrogens (tertiary/aromatic N) is 2. The second kappa shape index (κ2) is 6.51. The molecule has 1 aliphatic rings. The Morgan fingerprint density at radius 3 is 2.65 bits per heavy atom. The van der Waals surface area contributed by atoms with E-state index in [4.69, 9.17) is 0 Å². The fourth-order valence-electron chi connectivity index (χ4n) is 1.92. The Bertz CT molecular complexity index is 748. The zero-order valence-corrected chi connectivity index (χ0v) is 14.1. The van der Waals surface area contributed by atoms with Crippen molar-refractivity contribution in [1.82, 2.24) is 9.62 Å². The largest absolute Gasteiger partial charge is 0.327 e. The highest BCUT2D eigenvalue weighted by atomic mass is 32.2. The Kier molecular flexibility index (Phi) is 4.86. The van der Waals surface area contributed by atoms with Crippen LogP contribution in [0.2, 0.25) is 0 Å². The summed E-state index contributed by atoms with van der Waals surface area (Å²) >= 11 is 0. The summed E-state index contributed by atoms with van der Waals surface area (Å²) in [6.45, 7) is 5.52. The summed E-state index contributed by atoms with van der Waals surface area (Å²) in [6, 6.07) is 5.73. The van der Waals surface area contributed by atoms with Gasteiger partial charge in [-0.15, -0.1) is 0 Å². The predicted octanol–water partition coefficient (Wildman–Crippen LogP) is 2.15. The summed E-state index contributed by atoms with van der Waals surface area (Å²) in [7, 11) is -3.65. The third kappa shape index (κ3) is 4.90. The molecule has 0 unspecified atom stereocenters. The molecule has 1 aliphatic heterocycles. The molecular weight excluding hydrogens is 316 g/mol. The fourth-order valence-corrected chi connectivity index (χ4v) is 3.38. The number of carbonyl (C=O) groups excluding carboxylic acids is 1. The first-order chi connectivity index (χ1) is 10.7. The summed E-state index contributed by atoms with van der Waals surface area (Å²) in [5, 5.41) is 2.66. The molecule has 1 heterocycles. The van der Waals surface area contributed by atoms with Crippen LogP contribution in [0.1, 0.15) is 20.8 Å². The van der Waals surface area contributed by atoms with Gasteiger partial charge in [0.1, 0.15) is 6.67 Å². The van der Waals surface area contributed by atoms with Gasteiger partial charge in [-0.1, -0.05) is 6.07 Å². The first-order valence-electron chi connectivity index (χ1n) is 7.06. The third-order valence-electron chi connectivity index (χ3n) is 2.79. The molecule has 8 heteroatoms. The molecule has 0 bridgehead atoms. The number of carbonyl (C=O) groups is 1. The van der Waals surface area contributed by atoms with Gasteiger partial charge in [0.05, 0.1) is 4.90 Å². The average molecular weight is 336 g/mol. The van der Waals surface area contributed by atoms with Gasteiger partial charge >= 0.3 is 6.03 Å². The molecule has 0 saturated heterocycles. The van der Waals surface area contributed by atoms with Crippen LogP contribution in [0.4, 0.5) is 10.5 Å². The second-order valence-electron chi connectivity index (χ2n) is 6.10. The van der Waals surface area contributed by atoms with Crippen LogP contribution in [0.15, 0.2) is 46.4 Å². The summed E-state index contributed by atoms with van der Waals surface area (Å²) in [5.41, 5.74) is -0.191. The molecule has 2 rings (SSSR count). The number of urea groups is 1. The van der Waals surface area contributed by atoms with Crippen molar-refractivity contribution in [2.75, 3.05) is 12.0 Å². The topological polar surface area (TPSA) is 90.9 Å². The highest BCUT2D eigenvalue weighted by Gasteiger charge is 2.22. The van der Waals surface area contributed by atoms with E-state index in [0.717, 1.165) is 0 Å². The van der Waals surface area contributed by atoms with Crippen LogP contribution in [0.3, 0.4) is 0 Å². The van der Waals surface area contributed by atoms with Gasteiger partial charge in [0, 0.05) is 23.6 Å². The van der Waals surface area contributed by atoms with Crippen LogP contribution >= 0.6 is 0 Å². The Balaban J connectivity index is 2.15. The highest BCUT2D eigenvalue weighted by molar-refractivity contribution is 7.89. The number of aliphatic imine (C=N–C) groups is 1. The number of amides is 2. The molecular formula is C15H20N4O3S. The van der Waals surface area contributed by atoms with E-state index in [-0.39, 0.29) is 17.6 Å². The maximum Gasteiger partial charge on any atom is 0.327 e. The molecule has 0 saturated carbocycles. The van der Waals surface area contributed by atoms with Crippen LogP contribution in [-0.2, 0) is 10.0 Å². The van der Waals surface area contributed by atoms with Gasteiger partial charge < -0.3 is 5.32 Å². The smallest absolute Gasteiger partial charge is 0.307 e. The van der Waals surface area contributed by atoms with Gasteiger partial charge in [0.25, 0.3) is 0 Å². The Labute approximate surface area is 136 Å². The van der Waals surface area contributed by atoms with E-state index in [0.29, 0.717) is 5.69 Å². The van der Waals surface area contributed by atoms with Crippen molar-refractivity contribution >= 4 is 28.0 Å². The molecule has 0 spiro atoms. The normalized spacial score (nSPS) is 14.8.